The van der Waals surface area contributed by atoms with Gasteiger partial charge in [-0.1, -0.05) is 0 Å². The van der Waals surface area contributed by atoms with Crippen molar-refractivity contribution < 1.29 is 28.5 Å². The lowest BCUT2D eigenvalue weighted by Crippen LogP contribution is -2.30. The third-order valence-corrected chi connectivity index (χ3v) is 3.10. The molecule has 0 fully saturated rings. The fraction of sp³-hybridized carbons (Fsp3) is 0.500. The molecule has 1 amide bonds. The zero-order chi connectivity index (χ0) is 17.2. The Hall–Kier alpha value is -2.44. The van der Waals surface area contributed by atoms with Crippen molar-refractivity contribution in [3.8, 4) is 17.2 Å². The highest BCUT2D eigenvalue weighted by Gasteiger charge is 2.14. The van der Waals surface area contributed by atoms with Gasteiger partial charge < -0.3 is 24.3 Å². The van der Waals surface area contributed by atoms with E-state index in [0.717, 1.165) is 5.56 Å². The highest BCUT2D eigenvalue weighted by molar-refractivity contribution is 5.82. The van der Waals surface area contributed by atoms with Crippen LogP contribution in [-0.2, 0) is 20.7 Å². The summed E-state index contributed by atoms with van der Waals surface area (Å²) in [6.45, 7) is 1.88. The first kappa shape index (κ1) is 18.6. The van der Waals surface area contributed by atoms with Gasteiger partial charge in [-0.25, -0.2) is 0 Å². The maximum atomic E-state index is 11.8. The molecule has 0 aliphatic rings. The molecule has 0 aliphatic carbocycles. The van der Waals surface area contributed by atoms with Crippen LogP contribution in [0.5, 0.6) is 17.2 Å². The third-order valence-electron chi connectivity index (χ3n) is 3.10. The molecule has 0 heterocycles. The lowest BCUT2D eigenvalue weighted by atomic mass is 10.1. The van der Waals surface area contributed by atoms with Crippen molar-refractivity contribution in [2.45, 2.75) is 19.8 Å². The minimum absolute atomic E-state index is 0.123. The summed E-state index contributed by atoms with van der Waals surface area (Å²) in [5.41, 5.74) is 0.866. The van der Waals surface area contributed by atoms with Gasteiger partial charge in [-0.05, 0) is 31.0 Å². The second kappa shape index (κ2) is 9.55. The van der Waals surface area contributed by atoms with E-state index >= 15 is 0 Å². The van der Waals surface area contributed by atoms with E-state index in [1.807, 2.05) is 0 Å². The van der Waals surface area contributed by atoms with E-state index in [9.17, 15) is 9.59 Å². The zero-order valence-corrected chi connectivity index (χ0v) is 13.9. The third kappa shape index (κ3) is 5.69. The fourth-order valence-corrected chi connectivity index (χ4v) is 2.01. The Bertz CT molecular complexity index is 518. The summed E-state index contributed by atoms with van der Waals surface area (Å²) in [7, 11) is 4.60. The highest BCUT2D eigenvalue weighted by atomic mass is 16.5. The molecule has 0 unspecified atom stereocenters. The van der Waals surface area contributed by atoms with Gasteiger partial charge in [-0.2, -0.15) is 0 Å². The Morgan fingerprint density at radius 2 is 1.65 bits per heavy atom. The number of methoxy groups -OCH3 is 3. The summed E-state index contributed by atoms with van der Waals surface area (Å²) in [5.74, 6) is 0.897. The molecule has 128 valence electrons. The summed E-state index contributed by atoms with van der Waals surface area (Å²) in [4.78, 5) is 22.9. The van der Waals surface area contributed by atoms with E-state index < -0.39 is 5.97 Å². The van der Waals surface area contributed by atoms with Crippen LogP contribution in [0.25, 0.3) is 0 Å². The number of aryl methyl sites for hydroxylation is 1. The van der Waals surface area contributed by atoms with Crippen LogP contribution in [0.15, 0.2) is 12.1 Å². The number of ether oxygens (including phenoxy) is 4. The quantitative estimate of drug-likeness (QED) is 0.690. The molecule has 0 saturated heterocycles. The SMILES string of the molecule is CCOC(=O)CNC(=O)CCc1cc(OC)c(OC)c(OC)c1. The number of carbonyl (C=O) groups is 2. The van der Waals surface area contributed by atoms with E-state index in [0.29, 0.717) is 30.3 Å². The summed E-state index contributed by atoms with van der Waals surface area (Å²) in [6, 6.07) is 3.58. The fourth-order valence-electron chi connectivity index (χ4n) is 2.01. The molecule has 0 bridgehead atoms. The standard InChI is InChI=1S/C16H23NO6/c1-5-23-15(19)10-17-14(18)7-6-11-8-12(20-2)16(22-4)13(9-11)21-3/h8-9H,5-7,10H2,1-4H3,(H,17,18). The van der Waals surface area contributed by atoms with Crippen molar-refractivity contribution in [2.24, 2.45) is 0 Å². The smallest absolute Gasteiger partial charge is 0.325 e. The molecule has 1 aromatic rings. The molecule has 1 rings (SSSR count). The summed E-state index contributed by atoms with van der Waals surface area (Å²) >= 11 is 0. The largest absolute Gasteiger partial charge is 0.493 e. The van der Waals surface area contributed by atoms with Crippen molar-refractivity contribution in [1.29, 1.82) is 0 Å². The first-order valence-electron chi connectivity index (χ1n) is 7.26. The van der Waals surface area contributed by atoms with Crippen molar-refractivity contribution in [1.82, 2.24) is 5.32 Å². The normalized spacial score (nSPS) is 9.91. The topological polar surface area (TPSA) is 83.1 Å². The van der Waals surface area contributed by atoms with Crippen molar-refractivity contribution in [2.75, 3.05) is 34.5 Å². The minimum atomic E-state index is -0.450. The van der Waals surface area contributed by atoms with Gasteiger partial charge in [0.15, 0.2) is 11.5 Å². The lowest BCUT2D eigenvalue weighted by Gasteiger charge is -2.14. The Balaban J connectivity index is 2.63. The number of hydrogen-bond donors (Lipinski definition) is 1. The van der Waals surface area contributed by atoms with E-state index in [-0.39, 0.29) is 18.9 Å². The average molecular weight is 325 g/mol. The summed E-state index contributed by atoms with van der Waals surface area (Å²) in [6.07, 6.45) is 0.712. The van der Waals surface area contributed by atoms with Gasteiger partial charge in [0.05, 0.1) is 27.9 Å². The number of benzene rings is 1. The van der Waals surface area contributed by atoms with Crippen molar-refractivity contribution in [3.05, 3.63) is 17.7 Å². The van der Waals surface area contributed by atoms with Crippen LogP contribution in [0.3, 0.4) is 0 Å². The van der Waals surface area contributed by atoms with Gasteiger partial charge in [-0.3, -0.25) is 9.59 Å². The molecular formula is C16H23NO6. The van der Waals surface area contributed by atoms with Crippen LogP contribution in [-0.4, -0.2) is 46.4 Å². The minimum Gasteiger partial charge on any atom is -0.493 e. The second-order valence-corrected chi connectivity index (χ2v) is 4.62. The van der Waals surface area contributed by atoms with Crippen LogP contribution >= 0.6 is 0 Å². The molecule has 1 N–H and O–H groups in total. The van der Waals surface area contributed by atoms with E-state index in [4.69, 9.17) is 18.9 Å². The first-order valence-corrected chi connectivity index (χ1v) is 7.26. The Kier molecular flexibility index (Phi) is 7.73. The molecule has 23 heavy (non-hydrogen) atoms. The lowest BCUT2D eigenvalue weighted by molar-refractivity contribution is -0.143. The summed E-state index contributed by atoms with van der Waals surface area (Å²) in [5, 5.41) is 2.52. The number of rotatable bonds is 9. The molecule has 0 aromatic heterocycles. The van der Waals surface area contributed by atoms with E-state index in [1.54, 1.807) is 19.1 Å². The maximum Gasteiger partial charge on any atom is 0.325 e. The molecular weight excluding hydrogens is 302 g/mol. The van der Waals surface area contributed by atoms with E-state index in [1.165, 1.54) is 21.3 Å². The average Bonchev–Trinajstić information content (AvgIpc) is 2.57. The molecule has 1 aromatic carbocycles. The van der Waals surface area contributed by atoms with E-state index in [2.05, 4.69) is 5.32 Å². The zero-order valence-electron chi connectivity index (χ0n) is 13.9. The summed E-state index contributed by atoms with van der Waals surface area (Å²) < 4.78 is 20.5. The van der Waals surface area contributed by atoms with Crippen LogP contribution in [0.4, 0.5) is 0 Å². The van der Waals surface area contributed by atoms with Gasteiger partial charge in [0.1, 0.15) is 6.54 Å². The number of nitrogens with one attached hydrogen (secondary N) is 1. The Morgan fingerprint density at radius 3 is 2.13 bits per heavy atom. The number of esters is 1. The number of hydrogen-bond acceptors (Lipinski definition) is 6. The van der Waals surface area contributed by atoms with Crippen LogP contribution < -0.4 is 19.5 Å². The molecule has 0 spiro atoms. The van der Waals surface area contributed by atoms with Gasteiger partial charge in [0.2, 0.25) is 11.7 Å². The maximum absolute atomic E-state index is 11.8. The first-order chi connectivity index (χ1) is 11.0. The van der Waals surface area contributed by atoms with Crippen LogP contribution in [0.2, 0.25) is 0 Å². The molecule has 0 radical (unpaired) electrons. The molecule has 7 nitrogen and oxygen atoms in total. The van der Waals surface area contributed by atoms with Gasteiger partial charge in [0.25, 0.3) is 0 Å². The molecule has 0 saturated carbocycles. The molecule has 7 heteroatoms. The predicted octanol–water partition coefficient (Wildman–Crippen LogP) is 1.32. The Morgan fingerprint density at radius 1 is 1.04 bits per heavy atom. The Labute approximate surface area is 135 Å². The molecule has 0 aliphatic heterocycles. The second-order valence-electron chi connectivity index (χ2n) is 4.62. The number of amides is 1. The highest BCUT2D eigenvalue weighted by Crippen LogP contribution is 2.38. The van der Waals surface area contributed by atoms with Crippen molar-refractivity contribution in [3.63, 3.8) is 0 Å². The van der Waals surface area contributed by atoms with Gasteiger partial charge in [-0.15, -0.1) is 0 Å². The van der Waals surface area contributed by atoms with Crippen LogP contribution in [0, 0.1) is 0 Å². The molecule has 0 atom stereocenters. The van der Waals surface area contributed by atoms with Gasteiger partial charge >= 0.3 is 5.97 Å². The number of carbonyl (C=O) groups excluding carboxylic acids is 2. The van der Waals surface area contributed by atoms with Crippen LogP contribution in [0.1, 0.15) is 18.9 Å². The van der Waals surface area contributed by atoms with Crippen molar-refractivity contribution >= 4 is 11.9 Å². The monoisotopic (exact) mass is 325 g/mol. The van der Waals surface area contributed by atoms with Gasteiger partial charge in [0, 0.05) is 6.42 Å². The predicted molar refractivity (Wildman–Crippen MR) is 84.1 cm³/mol.